The molecule has 0 saturated heterocycles. The van der Waals surface area contributed by atoms with Gasteiger partial charge in [0.25, 0.3) is 0 Å². The second kappa shape index (κ2) is 6.62. The monoisotopic (exact) mass is 158 g/mol. The van der Waals surface area contributed by atoms with E-state index in [1.54, 1.807) is 0 Å². The van der Waals surface area contributed by atoms with Gasteiger partial charge in [0.1, 0.15) is 0 Å². The SMILES string of the molecule is CCCCC(NC)C(C)NC. The van der Waals surface area contributed by atoms with Crippen LogP contribution in [0.2, 0.25) is 0 Å². The Morgan fingerprint density at radius 3 is 2.18 bits per heavy atom. The van der Waals surface area contributed by atoms with Crippen molar-refractivity contribution in [2.24, 2.45) is 0 Å². The molecule has 2 N–H and O–H groups in total. The smallest absolute Gasteiger partial charge is 0.0215 e. The first-order chi connectivity index (χ1) is 5.26. The van der Waals surface area contributed by atoms with Crippen molar-refractivity contribution in [3.05, 3.63) is 0 Å². The van der Waals surface area contributed by atoms with E-state index in [-0.39, 0.29) is 0 Å². The van der Waals surface area contributed by atoms with Gasteiger partial charge in [-0.3, -0.25) is 0 Å². The second-order valence-electron chi connectivity index (χ2n) is 3.11. The first-order valence-electron chi connectivity index (χ1n) is 4.60. The summed E-state index contributed by atoms with van der Waals surface area (Å²) in [5.41, 5.74) is 0. The van der Waals surface area contributed by atoms with Crippen molar-refractivity contribution in [3.8, 4) is 0 Å². The molecule has 0 saturated carbocycles. The van der Waals surface area contributed by atoms with E-state index in [1.165, 1.54) is 19.3 Å². The van der Waals surface area contributed by atoms with E-state index < -0.39 is 0 Å². The van der Waals surface area contributed by atoms with E-state index in [9.17, 15) is 0 Å². The topological polar surface area (TPSA) is 24.1 Å². The van der Waals surface area contributed by atoms with Crippen LogP contribution in [0.25, 0.3) is 0 Å². The van der Waals surface area contributed by atoms with E-state index in [0.29, 0.717) is 12.1 Å². The number of hydrogen-bond donors (Lipinski definition) is 2. The van der Waals surface area contributed by atoms with E-state index >= 15 is 0 Å². The lowest BCUT2D eigenvalue weighted by molar-refractivity contribution is 0.399. The molecule has 0 aliphatic heterocycles. The van der Waals surface area contributed by atoms with Crippen LogP contribution in [0.15, 0.2) is 0 Å². The molecule has 0 amide bonds. The van der Waals surface area contributed by atoms with Gasteiger partial charge in [0, 0.05) is 12.1 Å². The van der Waals surface area contributed by atoms with Gasteiger partial charge in [-0.2, -0.15) is 0 Å². The molecule has 11 heavy (non-hydrogen) atoms. The average molecular weight is 158 g/mol. The molecule has 2 heteroatoms. The number of unbranched alkanes of at least 4 members (excludes halogenated alkanes) is 1. The van der Waals surface area contributed by atoms with Crippen LogP contribution in [0.3, 0.4) is 0 Å². The van der Waals surface area contributed by atoms with Gasteiger partial charge in [-0.15, -0.1) is 0 Å². The van der Waals surface area contributed by atoms with Gasteiger partial charge in [-0.1, -0.05) is 19.8 Å². The zero-order chi connectivity index (χ0) is 8.69. The lowest BCUT2D eigenvalue weighted by atomic mass is 10.0. The summed E-state index contributed by atoms with van der Waals surface area (Å²) < 4.78 is 0. The van der Waals surface area contributed by atoms with Crippen LogP contribution in [0.5, 0.6) is 0 Å². The van der Waals surface area contributed by atoms with Crippen molar-refractivity contribution >= 4 is 0 Å². The van der Waals surface area contributed by atoms with Crippen molar-refractivity contribution in [3.63, 3.8) is 0 Å². The molecule has 0 radical (unpaired) electrons. The largest absolute Gasteiger partial charge is 0.316 e. The number of rotatable bonds is 6. The summed E-state index contributed by atoms with van der Waals surface area (Å²) in [5.74, 6) is 0. The van der Waals surface area contributed by atoms with Crippen molar-refractivity contribution in [1.29, 1.82) is 0 Å². The Labute approximate surface area is 70.8 Å². The molecule has 0 bridgehead atoms. The quantitative estimate of drug-likeness (QED) is 0.610. The summed E-state index contributed by atoms with van der Waals surface area (Å²) in [6.07, 6.45) is 3.88. The third-order valence-corrected chi connectivity index (χ3v) is 2.30. The molecule has 2 nitrogen and oxygen atoms in total. The highest BCUT2D eigenvalue weighted by atomic mass is 15.0. The number of nitrogens with one attached hydrogen (secondary N) is 2. The predicted molar refractivity (Wildman–Crippen MR) is 50.9 cm³/mol. The highest BCUT2D eigenvalue weighted by Crippen LogP contribution is 2.03. The Morgan fingerprint density at radius 2 is 1.82 bits per heavy atom. The number of likely N-dealkylation sites (N-methyl/N-ethyl adjacent to an activating group) is 2. The standard InChI is InChI=1S/C9H22N2/c1-5-6-7-9(11-4)8(2)10-3/h8-11H,5-7H2,1-4H3. The highest BCUT2D eigenvalue weighted by Gasteiger charge is 2.11. The summed E-state index contributed by atoms with van der Waals surface area (Å²) in [5, 5.41) is 6.59. The average Bonchev–Trinajstić information content (AvgIpc) is 2.05. The molecule has 0 spiro atoms. The Morgan fingerprint density at radius 1 is 1.18 bits per heavy atom. The first kappa shape index (κ1) is 10.9. The van der Waals surface area contributed by atoms with Crippen LogP contribution >= 0.6 is 0 Å². The van der Waals surface area contributed by atoms with Gasteiger partial charge in [-0.05, 0) is 27.4 Å². The molecule has 0 aromatic rings. The van der Waals surface area contributed by atoms with Crippen LogP contribution < -0.4 is 10.6 Å². The van der Waals surface area contributed by atoms with Crippen molar-refractivity contribution in [2.45, 2.75) is 45.2 Å². The van der Waals surface area contributed by atoms with Crippen molar-refractivity contribution in [2.75, 3.05) is 14.1 Å². The molecule has 0 fully saturated rings. The molecular weight excluding hydrogens is 136 g/mol. The maximum absolute atomic E-state index is 3.33. The Kier molecular flexibility index (Phi) is 6.57. The van der Waals surface area contributed by atoms with E-state index in [4.69, 9.17) is 0 Å². The summed E-state index contributed by atoms with van der Waals surface area (Å²) >= 11 is 0. The zero-order valence-corrected chi connectivity index (χ0v) is 8.28. The van der Waals surface area contributed by atoms with E-state index in [2.05, 4.69) is 24.5 Å². The molecule has 0 aromatic carbocycles. The molecule has 2 unspecified atom stereocenters. The maximum Gasteiger partial charge on any atom is 0.0215 e. The minimum atomic E-state index is 0.576. The lowest BCUT2D eigenvalue weighted by Gasteiger charge is -2.22. The van der Waals surface area contributed by atoms with Crippen LogP contribution in [0, 0.1) is 0 Å². The molecule has 0 rings (SSSR count). The molecular formula is C9H22N2. The summed E-state index contributed by atoms with van der Waals surface area (Å²) in [7, 11) is 4.05. The van der Waals surface area contributed by atoms with Crippen LogP contribution in [0.4, 0.5) is 0 Å². The van der Waals surface area contributed by atoms with Crippen molar-refractivity contribution < 1.29 is 0 Å². The van der Waals surface area contributed by atoms with Gasteiger partial charge in [0.2, 0.25) is 0 Å². The number of hydrogen-bond acceptors (Lipinski definition) is 2. The predicted octanol–water partition coefficient (Wildman–Crippen LogP) is 1.37. The molecule has 0 aromatic heterocycles. The molecule has 0 aliphatic rings. The van der Waals surface area contributed by atoms with Gasteiger partial charge < -0.3 is 10.6 Å². The fourth-order valence-corrected chi connectivity index (χ4v) is 1.27. The van der Waals surface area contributed by atoms with Gasteiger partial charge in [-0.25, -0.2) is 0 Å². The third-order valence-electron chi connectivity index (χ3n) is 2.30. The Bertz CT molecular complexity index is 83.6. The van der Waals surface area contributed by atoms with Crippen molar-refractivity contribution in [1.82, 2.24) is 10.6 Å². The lowest BCUT2D eigenvalue weighted by Crippen LogP contribution is -2.43. The van der Waals surface area contributed by atoms with E-state index in [1.807, 2.05) is 14.1 Å². The van der Waals surface area contributed by atoms with Crippen LogP contribution in [-0.4, -0.2) is 26.2 Å². The molecule has 0 heterocycles. The zero-order valence-electron chi connectivity index (χ0n) is 8.28. The summed E-state index contributed by atoms with van der Waals surface area (Å²) in [6, 6.07) is 1.20. The Balaban J connectivity index is 3.56. The van der Waals surface area contributed by atoms with Gasteiger partial charge in [0.05, 0.1) is 0 Å². The van der Waals surface area contributed by atoms with Gasteiger partial charge >= 0.3 is 0 Å². The fourth-order valence-electron chi connectivity index (χ4n) is 1.27. The normalized spacial score (nSPS) is 16.4. The third kappa shape index (κ3) is 4.38. The second-order valence-corrected chi connectivity index (χ2v) is 3.11. The minimum Gasteiger partial charge on any atom is -0.316 e. The summed E-state index contributed by atoms with van der Waals surface area (Å²) in [6.45, 7) is 4.45. The maximum atomic E-state index is 3.33. The highest BCUT2D eigenvalue weighted by molar-refractivity contribution is 4.75. The van der Waals surface area contributed by atoms with Gasteiger partial charge in [0.15, 0.2) is 0 Å². The molecule has 68 valence electrons. The first-order valence-corrected chi connectivity index (χ1v) is 4.60. The fraction of sp³-hybridized carbons (Fsp3) is 1.00. The van der Waals surface area contributed by atoms with Crippen LogP contribution in [-0.2, 0) is 0 Å². The Hall–Kier alpha value is -0.0800. The molecule has 0 aliphatic carbocycles. The van der Waals surface area contributed by atoms with Crippen LogP contribution in [0.1, 0.15) is 33.1 Å². The minimum absolute atomic E-state index is 0.576. The molecule has 2 atom stereocenters. The summed E-state index contributed by atoms with van der Waals surface area (Å²) in [4.78, 5) is 0. The van der Waals surface area contributed by atoms with E-state index in [0.717, 1.165) is 0 Å².